The van der Waals surface area contributed by atoms with Gasteiger partial charge in [0.15, 0.2) is 11.5 Å². The summed E-state index contributed by atoms with van der Waals surface area (Å²) in [7, 11) is 0.724. The van der Waals surface area contributed by atoms with Crippen molar-refractivity contribution in [3.8, 4) is 17.2 Å². The van der Waals surface area contributed by atoms with Crippen molar-refractivity contribution in [2.45, 2.75) is 13.0 Å². The Kier molecular flexibility index (Phi) is 6.73. The summed E-state index contributed by atoms with van der Waals surface area (Å²) in [5.41, 5.74) is 0.913. The van der Waals surface area contributed by atoms with E-state index in [0.29, 0.717) is 36.8 Å². The minimum atomic E-state index is -3.90. The van der Waals surface area contributed by atoms with Crippen molar-refractivity contribution in [2.75, 3.05) is 33.6 Å². The smallest absolute Gasteiger partial charge is 0.264 e. The zero-order valence-electron chi connectivity index (χ0n) is 12.4. The minimum absolute atomic E-state index is 0.255. The van der Waals surface area contributed by atoms with Crippen LogP contribution in [0.2, 0.25) is 0 Å². The maximum atomic E-state index is 10.6. The Bertz CT molecular complexity index is 533. The molecule has 0 atom stereocenters. The first-order chi connectivity index (χ1) is 9.91. The summed E-state index contributed by atoms with van der Waals surface area (Å²) in [5.74, 6) is 1.39. The molecule has 0 heterocycles. The van der Waals surface area contributed by atoms with Crippen LogP contribution in [0.4, 0.5) is 0 Å². The van der Waals surface area contributed by atoms with E-state index in [0.717, 1.165) is 5.56 Å². The maximum absolute atomic E-state index is 10.6. The van der Waals surface area contributed by atoms with Crippen LogP contribution in [-0.4, -0.2) is 46.6 Å². The van der Waals surface area contributed by atoms with Crippen LogP contribution in [0.5, 0.6) is 17.2 Å². The van der Waals surface area contributed by atoms with E-state index in [-0.39, 0.29) is 5.75 Å². The number of rotatable bonds is 9. The molecule has 21 heavy (non-hydrogen) atoms. The molecule has 1 rings (SSSR count). The molecule has 0 spiro atoms. The molecular weight excluding hydrogens is 298 g/mol. The van der Waals surface area contributed by atoms with Crippen molar-refractivity contribution < 1.29 is 27.2 Å². The van der Waals surface area contributed by atoms with Gasteiger partial charge in [-0.3, -0.25) is 4.55 Å². The summed E-state index contributed by atoms with van der Waals surface area (Å²) < 4.78 is 45.5. The Morgan fingerprint density at radius 3 is 2.10 bits per heavy atom. The van der Waals surface area contributed by atoms with E-state index in [1.165, 1.54) is 7.11 Å². The molecule has 7 nitrogen and oxygen atoms in total. The number of methoxy groups -OCH3 is 3. The number of hydrogen-bond donors (Lipinski definition) is 2. The second-order valence-electron chi connectivity index (χ2n) is 4.35. The van der Waals surface area contributed by atoms with Crippen LogP contribution in [0.25, 0.3) is 0 Å². The SMILES string of the molecule is COc1cc(CNCCCS(=O)(=O)O)cc(OC)c1OC. The summed E-state index contributed by atoms with van der Waals surface area (Å²) in [6.45, 7) is 0.985. The van der Waals surface area contributed by atoms with Crippen molar-refractivity contribution in [3.63, 3.8) is 0 Å². The largest absolute Gasteiger partial charge is 0.493 e. The van der Waals surface area contributed by atoms with Crippen molar-refractivity contribution in [1.29, 1.82) is 0 Å². The van der Waals surface area contributed by atoms with E-state index >= 15 is 0 Å². The van der Waals surface area contributed by atoms with Crippen LogP contribution in [0.1, 0.15) is 12.0 Å². The highest BCUT2D eigenvalue weighted by Crippen LogP contribution is 2.38. The zero-order valence-corrected chi connectivity index (χ0v) is 13.2. The third kappa shape index (κ3) is 5.78. The van der Waals surface area contributed by atoms with Crippen LogP contribution in [-0.2, 0) is 16.7 Å². The molecule has 0 bridgehead atoms. The Labute approximate surface area is 125 Å². The minimum Gasteiger partial charge on any atom is -0.493 e. The van der Waals surface area contributed by atoms with E-state index in [2.05, 4.69) is 5.32 Å². The third-order valence-electron chi connectivity index (χ3n) is 2.81. The molecule has 0 saturated heterocycles. The topological polar surface area (TPSA) is 94.1 Å². The first-order valence-corrected chi connectivity index (χ1v) is 7.97. The van der Waals surface area contributed by atoms with Gasteiger partial charge in [-0.25, -0.2) is 0 Å². The van der Waals surface area contributed by atoms with Crippen LogP contribution < -0.4 is 19.5 Å². The van der Waals surface area contributed by atoms with Crippen LogP contribution in [0, 0.1) is 0 Å². The lowest BCUT2D eigenvalue weighted by atomic mass is 10.1. The average Bonchev–Trinajstić information content (AvgIpc) is 2.44. The monoisotopic (exact) mass is 319 g/mol. The molecule has 0 aromatic heterocycles. The second-order valence-corrected chi connectivity index (χ2v) is 5.92. The van der Waals surface area contributed by atoms with Crippen LogP contribution in [0.3, 0.4) is 0 Å². The van der Waals surface area contributed by atoms with Gasteiger partial charge >= 0.3 is 0 Å². The van der Waals surface area contributed by atoms with Crippen LogP contribution >= 0.6 is 0 Å². The molecule has 1 aromatic carbocycles. The fraction of sp³-hybridized carbons (Fsp3) is 0.538. The number of ether oxygens (including phenoxy) is 3. The van der Waals surface area contributed by atoms with E-state index in [1.54, 1.807) is 14.2 Å². The Balaban J connectivity index is 2.63. The highest BCUT2D eigenvalue weighted by molar-refractivity contribution is 7.85. The number of hydrogen-bond acceptors (Lipinski definition) is 6. The Hall–Kier alpha value is -1.51. The summed E-state index contributed by atoms with van der Waals surface area (Å²) >= 11 is 0. The molecule has 2 N–H and O–H groups in total. The molecule has 120 valence electrons. The van der Waals surface area contributed by atoms with Gasteiger partial charge in [-0.15, -0.1) is 0 Å². The molecule has 0 radical (unpaired) electrons. The molecule has 0 unspecified atom stereocenters. The van der Waals surface area contributed by atoms with Gasteiger partial charge in [-0.05, 0) is 30.7 Å². The molecular formula is C13H21NO6S. The quantitative estimate of drug-likeness (QED) is 0.519. The molecule has 0 aliphatic rings. The van der Waals surface area contributed by atoms with Crippen molar-refractivity contribution >= 4 is 10.1 Å². The summed E-state index contributed by atoms with van der Waals surface area (Å²) in [4.78, 5) is 0. The highest BCUT2D eigenvalue weighted by Gasteiger charge is 2.12. The number of benzene rings is 1. The predicted octanol–water partition coefficient (Wildman–Crippen LogP) is 1.08. The van der Waals surface area contributed by atoms with Crippen molar-refractivity contribution in [2.24, 2.45) is 0 Å². The van der Waals surface area contributed by atoms with Gasteiger partial charge in [-0.2, -0.15) is 8.42 Å². The van der Waals surface area contributed by atoms with E-state index in [1.807, 2.05) is 12.1 Å². The van der Waals surface area contributed by atoms with Gasteiger partial charge in [0.1, 0.15) is 0 Å². The Morgan fingerprint density at radius 1 is 1.10 bits per heavy atom. The fourth-order valence-corrected chi connectivity index (χ4v) is 2.36. The normalized spacial score (nSPS) is 11.2. The molecule has 0 aliphatic carbocycles. The van der Waals surface area contributed by atoms with Crippen LogP contribution in [0.15, 0.2) is 12.1 Å². The maximum Gasteiger partial charge on any atom is 0.264 e. The van der Waals surface area contributed by atoms with Gasteiger partial charge in [-0.1, -0.05) is 0 Å². The second kappa shape index (κ2) is 8.06. The Morgan fingerprint density at radius 2 is 1.67 bits per heavy atom. The zero-order chi connectivity index (χ0) is 15.9. The van der Waals surface area contributed by atoms with E-state index in [4.69, 9.17) is 18.8 Å². The molecule has 0 saturated carbocycles. The summed E-state index contributed by atoms with van der Waals surface area (Å²) in [6, 6.07) is 3.63. The summed E-state index contributed by atoms with van der Waals surface area (Å²) in [5, 5.41) is 3.09. The van der Waals surface area contributed by atoms with Gasteiger partial charge in [0.25, 0.3) is 10.1 Å². The lowest BCUT2D eigenvalue weighted by Crippen LogP contribution is -2.18. The van der Waals surface area contributed by atoms with E-state index < -0.39 is 10.1 Å². The molecule has 0 aliphatic heterocycles. The predicted molar refractivity (Wildman–Crippen MR) is 78.8 cm³/mol. The molecule has 1 aromatic rings. The molecule has 0 amide bonds. The number of nitrogens with one attached hydrogen (secondary N) is 1. The van der Waals surface area contributed by atoms with E-state index in [9.17, 15) is 8.42 Å². The lowest BCUT2D eigenvalue weighted by molar-refractivity contribution is 0.323. The summed E-state index contributed by atoms with van der Waals surface area (Å²) in [6.07, 6.45) is 0.337. The lowest BCUT2D eigenvalue weighted by Gasteiger charge is -2.14. The van der Waals surface area contributed by atoms with Gasteiger partial charge in [0.2, 0.25) is 5.75 Å². The molecule has 0 fully saturated rings. The first-order valence-electron chi connectivity index (χ1n) is 6.36. The fourth-order valence-electron chi connectivity index (χ4n) is 1.85. The molecule has 8 heteroatoms. The first kappa shape index (κ1) is 17.5. The third-order valence-corrected chi connectivity index (χ3v) is 3.61. The van der Waals surface area contributed by atoms with Gasteiger partial charge in [0, 0.05) is 6.54 Å². The van der Waals surface area contributed by atoms with Crippen molar-refractivity contribution in [3.05, 3.63) is 17.7 Å². The van der Waals surface area contributed by atoms with Crippen molar-refractivity contribution in [1.82, 2.24) is 5.32 Å². The average molecular weight is 319 g/mol. The van der Waals surface area contributed by atoms with Gasteiger partial charge in [0.05, 0.1) is 27.1 Å². The van der Waals surface area contributed by atoms with Gasteiger partial charge < -0.3 is 19.5 Å². The standard InChI is InChI=1S/C13H21NO6S/c1-18-11-7-10(8-12(19-2)13(11)20-3)9-14-5-4-6-21(15,16)17/h7-8,14H,4-6,9H2,1-3H3,(H,15,16,17). The highest BCUT2D eigenvalue weighted by atomic mass is 32.2.